The lowest BCUT2D eigenvalue weighted by atomic mass is 10.1. The van der Waals surface area contributed by atoms with E-state index >= 15 is 0 Å². The second kappa shape index (κ2) is 7.38. The van der Waals surface area contributed by atoms with Gasteiger partial charge in [-0.1, -0.05) is 23.8 Å². The van der Waals surface area contributed by atoms with Crippen molar-refractivity contribution in [3.63, 3.8) is 0 Å². The zero-order valence-electron chi connectivity index (χ0n) is 13.5. The molecule has 0 aliphatic carbocycles. The van der Waals surface area contributed by atoms with Crippen LogP contribution in [0.5, 0.6) is 0 Å². The van der Waals surface area contributed by atoms with Crippen LogP contribution in [0.2, 0.25) is 0 Å². The maximum Gasteiger partial charge on any atom is 0.416 e. The third kappa shape index (κ3) is 5.01. The Morgan fingerprint density at radius 2 is 1.83 bits per heavy atom. The summed E-state index contributed by atoms with van der Waals surface area (Å²) in [5.74, 6) is -0.193. The summed E-state index contributed by atoms with van der Waals surface area (Å²) in [6.45, 7) is 4.12. The van der Waals surface area contributed by atoms with Gasteiger partial charge in [-0.05, 0) is 43.7 Å². The largest absolute Gasteiger partial charge is 0.416 e. The number of rotatable bonds is 5. The zero-order chi connectivity index (χ0) is 17.7. The van der Waals surface area contributed by atoms with Gasteiger partial charge in [0, 0.05) is 24.3 Å². The minimum Gasteiger partial charge on any atom is -0.385 e. The van der Waals surface area contributed by atoms with Gasteiger partial charge in [-0.25, -0.2) is 0 Å². The summed E-state index contributed by atoms with van der Waals surface area (Å²) in [6, 6.07) is 10.6. The lowest BCUT2D eigenvalue weighted by Crippen LogP contribution is -2.17. The molecule has 0 radical (unpaired) electrons. The molecule has 0 bridgehead atoms. The number of anilines is 2. The topological polar surface area (TPSA) is 41.1 Å². The van der Waals surface area contributed by atoms with E-state index < -0.39 is 11.7 Å². The first-order valence-electron chi connectivity index (χ1n) is 7.54. The fourth-order valence-electron chi connectivity index (χ4n) is 2.29. The van der Waals surface area contributed by atoms with Gasteiger partial charge >= 0.3 is 6.18 Å². The molecule has 0 saturated carbocycles. The van der Waals surface area contributed by atoms with Crippen LogP contribution < -0.4 is 10.6 Å². The van der Waals surface area contributed by atoms with Gasteiger partial charge in [0.15, 0.2) is 0 Å². The number of alkyl halides is 3. The summed E-state index contributed by atoms with van der Waals surface area (Å²) >= 11 is 0. The second-order valence-corrected chi connectivity index (χ2v) is 5.62. The minimum absolute atomic E-state index is 0.156. The van der Waals surface area contributed by atoms with E-state index in [4.69, 9.17) is 0 Å². The first-order valence-corrected chi connectivity index (χ1v) is 7.54. The van der Waals surface area contributed by atoms with E-state index in [9.17, 15) is 18.0 Å². The van der Waals surface area contributed by atoms with Crippen LogP contribution in [0.15, 0.2) is 42.5 Å². The molecule has 0 saturated heterocycles. The van der Waals surface area contributed by atoms with Crippen molar-refractivity contribution in [2.45, 2.75) is 26.4 Å². The van der Waals surface area contributed by atoms with E-state index in [-0.39, 0.29) is 18.9 Å². The number of benzene rings is 2. The Bertz CT molecular complexity index is 726. The van der Waals surface area contributed by atoms with Gasteiger partial charge < -0.3 is 10.6 Å². The van der Waals surface area contributed by atoms with E-state index in [0.29, 0.717) is 5.69 Å². The fourth-order valence-corrected chi connectivity index (χ4v) is 2.29. The molecule has 0 aliphatic heterocycles. The van der Waals surface area contributed by atoms with E-state index in [1.807, 2.05) is 32.0 Å². The van der Waals surface area contributed by atoms with Crippen LogP contribution in [-0.2, 0) is 11.0 Å². The van der Waals surface area contributed by atoms with Crippen molar-refractivity contribution >= 4 is 17.3 Å². The van der Waals surface area contributed by atoms with Gasteiger partial charge in [0.1, 0.15) is 0 Å². The normalized spacial score (nSPS) is 11.2. The van der Waals surface area contributed by atoms with Gasteiger partial charge in [0.2, 0.25) is 5.91 Å². The Balaban J connectivity index is 1.87. The summed E-state index contributed by atoms with van der Waals surface area (Å²) in [7, 11) is 0. The van der Waals surface area contributed by atoms with Crippen LogP contribution in [0, 0.1) is 13.8 Å². The summed E-state index contributed by atoms with van der Waals surface area (Å²) in [5.41, 5.74) is 2.44. The molecule has 128 valence electrons. The summed E-state index contributed by atoms with van der Waals surface area (Å²) in [4.78, 5) is 11.9. The van der Waals surface area contributed by atoms with Crippen LogP contribution >= 0.6 is 0 Å². The lowest BCUT2D eigenvalue weighted by Gasteiger charge is -2.11. The molecular weight excluding hydrogens is 317 g/mol. The van der Waals surface area contributed by atoms with Crippen molar-refractivity contribution in [2.75, 3.05) is 17.2 Å². The van der Waals surface area contributed by atoms with E-state index in [0.717, 1.165) is 28.9 Å². The molecule has 2 N–H and O–H groups in total. The second-order valence-electron chi connectivity index (χ2n) is 5.62. The quantitative estimate of drug-likeness (QED) is 0.826. The highest BCUT2D eigenvalue weighted by atomic mass is 19.4. The Hall–Kier alpha value is -2.50. The third-order valence-electron chi connectivity index (χ3n) is 3.53. The molecule has 0 aliphatic rings. The number of carbonyl (C=O) groups is 1. The maximum absolute atomic E-state index is 12.6. The molecular formula is C18H19F3N2O. The average Bonchev–Trinajstić information content (AvgIpc) is 2.50. The molecule has 0 fully saturated rings. The summed E-state index contributed by atoms with van der Waals surface area (Å²) < 4.78 is 37.9. The number of carbonyl (C=O) groups excluding carboxylic acids is 1. The van der Waals surface area contributed by atoms with Crippen LogP contribution in [-0.4, -0.2) is 12.5 Å². The molecule has 2 aromatic carbocycles. The van der Waals surface area contributed by atoms with Crippen molar-refractivity contribution in [2.24, 2.45) is 0 Å². The standard InChI is InChI=1S/C18H19F3N2O/c1-12-6-7-16(13(2)10-12)23-17(24)8-9-22-15-5-3-4-14(11-15)18(19,20)21/h3-7,10-11,22H,8-9H2,1-2H3,(H,23,24). The van der Waals surface area contributed by atoms with Gasteiger partial charge in [0.25, 0.3) is 0 Å². The molecule has 2 aromatic rings. The van der Waals surface area contributed by atoms with Crippen molar-refractivity contribution in [3.05, 3.63) is 59.2 Å². The van der Waals surface area contributed by atoms with Crippen molar-refractivity contribution in [3.8, 4) is 0 Å². The molecule has 6 heteroatoms. The molecule has 0 atom stereocenters. The monoisotopic (exact) mass is 336 g/mol. The first-order chi connectivity index (χ1) is 11.3. The number of halogens is 3. The molecule has 0 unspecified atom stereocenters. The predicted molar refractivity (Wildman–Crippen MR) is 89.1 cm³/mol. The van der Waals surface area contributed by atoms with Gasteiger partial charge in [0.05, 0.1) is 5.56 Å². The highest BCUT2D eigenvalue weighted by Crippen LogP contribution is 2.30. The number of hydrogen-bond donors (Lipinski definition) is 2. The van der Waals surface area contributed by atoms with Gasteiger partial charge in [-0.3, -0.25) is 4.79 Å². The molecule has 3 nitrogen and oxygen atoms in total. The highest BCUT2D eigenvalue weighted by molar-refractivity contribution is 5.91. The fraction of sp³-hybridized carbons (Fsp3) is 0.278. The minimum atomic E-state index is -4.38. The van der Waals surface area contributed by atoms with Gasteiger partial charge in [-0.15, -0.1) is 0 Å². The molecule has 0 aromatic heterocycles. The summed E-state index contributed by atoms with van der Waals surface area (Å²) in [6.07, 6.45) is -4.22. The molecule has 0 spiro atoms. The SMILES string of the molecule is Cc1ccc(NC(=O)CCNc2cccc(C(F)(F)F)c2)c(C)c1. The third-order valence-corrected chi connectivity index (χ3v) is 3.53. The van der Waals surface area contributed by atoms with E-state index in [1.54, 1.807) is 0 Å². The van der Waals surface area contributed by atoms with Crippen LogP contribution in [0.3, 0.4) is 0 Å². The van der Waals surface area contributed by atoms with Gasteiger partial charge in [-0.2, -0.15) is 13.2 Å². The maximum atomic E-state index is 12.6. The summed E-state index contributed by atoms with van der Waals surface area (Å²) in [5, 5.41) is 5.64. The number of nitrogens with one attached hydrogen (secondary N) is 2. The van der Waals surface area contributed by atoms with E-state index in [1.165, 1.54) is 12.1 Å². The number of aryl methyl sites for hydroxylation is 2. The van der Waals surface area contributed by atoms with Crippen molar-refractivity contribution in [1.82, 2.24) is 0 Å². The predicted octanol–water partition coefficient (Wildman–Crippen LogP) is 4.76. The Morgan fingerprint density at radius 3 is 2.50 bits per heavy atom. The molecule has 1 amide bonds. The lowest BCUT2D eigenvalue weighted by molar-refractivity contribution is -0.137. The number of hydrogen-bond acceptors (Lipinski definition) is 2. The van der Waals surface area contributed by atoms with E-state index in [2.05, 4.69) is 10.6 Å². The Labute approximate surface area is 138 Å². The van der Waals surface area contributed by atoms with Crippen LogP contribution in [0.25, 0.3) is 0 Å². The van der Waals surface area contributed by atoms with Crippen molar-refractivity contribution in [1.29, 1.82) is 0 Å². The Kier molecular flexibility index (Phi) is 5.49. The van der Waals surface area contributed by atoms with Crippen LogP contribution in [0.4, 0.5) is 24.5 Å². The zero-order valence-corrected chi connectivity index (χ0v) is 13.5. The smallest absolute Gasteiger partial charge is 0.385 e. The number of amides is 1. The molecule has 2 rings (SSSR count). The first kappa shape index (κ1) is 17.8. The highest BCUT2D eigenvalue weighted by Gasteiger charge is 2.30. The molecule has 24 heavy (non-hydrogen) atoms. The van der Waals surface area contributed by atoms with Crippen LogP contribution in [0.1, 0.15) is 23.1 Å². The Morgan fingerprint density at radius 1 is 1.08 bits per heavy atom. The average molecular weight is 336 g/mol. The van der Waals surface area contributed by atoms with Crippen molar-refractivity contribution < 1.29 is 18.0 Å². The molecule has 0 heterocycles.